The molecule has 1 aromatic carbocycles. The molecule has 0 saturated heterocycles. The average Bonchev–Trinajstić information content (AvgIpc) is 2.04. The molecule has 0 aromatic heterocycles. The van der Waals surface area contributed by atoms with Crippen LogP contribution in [0.15, 0.2) is 29.6 Å². The van der Waals surface area contributed by atoms with Crippen molar-refractivity contribution in [2.24, 2.45) is 0 Å². The summed E-state index contributed by atoms with van der Waals surface area (Å²) < 4.78 is 12.5. The second-order valence-corrected chi connectivity index (χ2v) is 3.16. The van der Waals surface area contributed by atoms with Gasteiger partial charge in [-0.05, 0) is 24.6 Å². The Bertz CT molecular complexity index is 297. The van der Waals surface area contributed by atoms with Crippen LogP contribution in [0.25, 0.3) is 5.57 Å². The van der Waals surface area contributed by atoms with Crippen molar-refractivity contribution in [2.75, 3.05) is 0 Å². The Morgan fingerprint density at radius 1 is 1.25 bits per heavy atom. The highest BCUT2D eigenvalue weighted by Crippen LogP contribution is 2.22. The molecule has 0 amide bonds. The molecule has 3 heteroatoms. The Hall–Kier alpha value is -0.530. The van der Waals surface area contributed by atoms with Crippen LogP contribution in [-0.4, -0.2) is 0 Å². The molecule has 0 fully saturated rings. The molecule has 0 N–H and O–H groups in total. The first-order valence-electron chi connectivity index (χ1n) is 3.39. The van der Waals surface area contributed by atoms with Gasteiger partial charge in [0.15, 0.2) is 5.29 Å². The van der Waals surface area contributed by atoms with E-state index in [1.807, 2.05) is 0 Å². The van der Waals surface area contributed by atoms with Gasteiger partial charge < -0.3 is 0 Å². The van der Waals surface area contributed by atoms with Crippen molar-refractivity contribution in [2.45, 2.75) is 6.92 Å². The smallest absolute Gasteiger partial charge is 0.192 e. The zero-order valence-corrected chi connectivity index (χ0v) is 7.96. The van der Waals surface area contributed by atoms with E-state index in [0.29, 0.717) is 10.6 Å². The lowest BCUT2D eigenvalue weighted by atomic mass is 10.1. The van der Waals surface area contributed by atoms with Gasteiger partial charge in [0.25, 0.3) is 0 Å². The van der Waals surface area contributed by atoms with E-state index in [4.69, 9.17) is 23.2 Å². The van der Waals surface area contributed by atoms with Crippen molar-refractivity contribution in [1.82, 2.24) is 0 Å². The molecule has 0 aliphatic heterocycles. The topological polar surface area (TPSA) is 0 Å². The molecule has 1 aromatic rings. The summed E-state index contributed by atoms with van der Waals surface area (Å²) in [6.45, 7) is 1.62. The molecule has 12 heavy (non-hydrogen) atoms. The van der Waals surface area contributed by atoms with Crippen LogP contribution in [0.4, 0.5) is 4.39 Å². The largest absolute Gasteiger partial charge is 0.193 e. The highest BCUT2D eigenvalue weighted by atomic mass is 35.5. The number of allylic oxidation sites excluding steroid dienone is 1. The predicted molar refractivity (Wildman–Crippen MR) is 51.0 cm³/mol. The first-order chi connectivity index (χ1) is 5.61. The lowest BCUT2D eigenvalue weighted by Crippen LogP contribution is -1.78. The Labute approximate surface area is 80.6 Å². The van der Waals surface area contributed by atoms with Crippen molar-refractivity contribution in [1.29, 1.82) is 0 Å². The lowest BCUT2D eigenvalue weighted by Gasteiger charge is -1.99. The summed E-state index contributed by atoms with van der Waals surface area (Å²) in [5.74, 6) is 0. The van der Waals surface area contributed by atoms with E-state index in [2.05, 4.69) is 0 Å². The van der Waals surface area contributed by atoms with Gasteiger partial charge in [-0.2, -0.15) is 4.39 Å². The molecule has 0 heterocycles. The third-order valence-electron chi connectivity index (χ3n) is 1.56. The predicted octanol–water partition coefficient (Wildman–Crippen LogP) is 4.24. The minimum Gasteiger partial charge on any atom is -0.193 e. The standard InChI is InChI=1S/C9H7Cl2F/c1-6(9(11)12)7-2-4-8(10)5-3-7/h2-5H,1H3/b9-6+. The molecule has 64 valence electrons. The summed E-state index contributed by atoms with van der Waals surface area (Å²) in [6.07, 6.45) is 0. The Balaban J connectivity index is 3.06. The second-order valence-electron chi connectivity index (χ2n) is 2.39. The van der Waals surface area contributed by atoms with Crippen LogP contribution >= 0.6 is 23.2 Å². The van der Waals surface area contributed by atoms with Gasteiger partial charge >= 0.3 is 0 Å². The molecule has 0 unspecified atom stereocenters. The Kier molecular flexibility index (Phi) is 3.12. The van der Waals surface area contributed by atoms with Crippen molar-refractivity contribution in [3.63, 3.8) is 0 Å². The van der Waals surface area contributed by atoms with E-state index in [0.717, 1.165) is 5.56 Å². The van der Waals surface area contributed by atoms with Gasteiger partial charge in [0, 0.05) is 10.6 Å². The van der Waals surface area contributed by atoms with Crippen molar-refractivity contribution in [3.8, 4) is 0 Å². The van der Waals surface area contributed by atoms with Gasteiger partial charge in [-0.15, -0.1) is 0 Å². The SMILES string of the molecule is C/C(=C(\F)Cl)c1ccc(Cl)cc1. The van der Waals surface area contributed by atoms with Crippen LogP contribution in [0, 0.1) is 0 Å². The molecule has 0 spiro atoms. The second kappa shape index (κ2) is 3.92. The fourth-order valence-corrected chi connectivity index (χ4v) is 1.04. The van der Waals surface area contributed by atoms with Gasteiger partial charge in [0.05, 0.1) is 0 Å². The molecule has 0 aliphatic rings. The molecular formula is C9H7Cl2F. The van der Waals surface area contributed by atoms with E-state index in [-0.39, 0.29) is 0 Å². The fraction of sp³-hybridized carbons (Fsp3) is 0.111. The van der Waals surface area contributed by atoms with Crippen molar-refractivity contribution >= 4 is 28.8 Å². The average molecular weight is 205 g/mol. The third kappa shape index (κ3) is 2.23. The summed E-state index contributed by atoms with van der Waals surface area (Å²) >= 11 is 10.8. The zero-order chi connectivity index (χ0) is 9.14. The first-order valence-corrected chi connectivity index (χ1v) is 4.14. The molecule has 1 rings (SSSR count). The van der Waals surface area contributed by atoms with E-state index >= 15 is 0 Å². The molecule has 0 nitrogen and oxygen atoms in total. The molecule has 0 saturated carbocycles. The highest BCUT2D eigenvalue weighted by molar-refractivity contribution is 6.31. The molecule has 0 bridgehead atoms. The van der Waals surface area contributed by atoms with Gasteiger partial charge in [-0.3, -0.25) is 0 Å². The summed E-state index contributed by atoms with van der Waals surface area (Å²) in [4.78, 5) is 0. The van der Waals surface area contributed by atoms with Crippen LogP contribution < -0.4 is 0 Å². The van der Waals surface area contributed by atoms with E-state index in [1.54, 1.807) is 31.2 Å². The maximum Gasteiger partial charge on any atom is 0.192 e. The van der Waals surface area contributed by atoms with Crippen LogP contribution in [0.1, 0.15) is 12.5 Å². The van der Waals surface area contributed by atoms with Gasteiger partial charge in [0.2, 0.25) is 0 Å². The first kappa shape index (κ1) is 9.56. The maximum atomic E-state index is 12.5. The summed E-state index contributed by atoms with van der Waals surface area (Å²) in [6, 6.07) is 6.83. The molecule has 0 atom stereocenters. The quantitative estimate of drug-likeness (QED) is 0.643. The third-order valence-corrected chi connectivity index (χ3v) is 2.10. The van der Waals surface area contributed by atoms with E-state index in [9.17, 15) is 4.39 Å². The Morgan fingerprint density at radius 2 is 1.75 bits per heavy atom. The highest BCUT2D eigenvalue weighted by Gasteiger charge is 2.00. The van der Waals surface area contributed by atoms with E-state index < -0.39 is 5.29 Å². The van der Waals surface area contributed by atoms with Crippen molar-refractivity contribution in [3.05, 3.63) is 40.1 Å². The fourth-order valence-electron chi connectivity index (χ4n) is 0.809. The molecule has 0 aliphatic carbocycles. The summed E-state index contributed by atoms with van der Waals surface area (Å²) in [5.41, 5.74) is 1.17. The van der Waals surface area contributed by atoms with Gasteiger partial charge in [-0.25, -0.2) is 0 Å². The number of benzene rings is 1. The Morgan fingerprint density at radius 3 is 2.17 bits per heavy atom. The van der Waals surface area contributed by atoms with E-state index in [1.165, 1.54) is 0 Å². The number of rotatable bonds is 1. The minimum absolute atomic E-state index is 0.424. The normalized spacial score (nSPS) is 12.7. The maximum absolute atomic E-state index is 12.5. The van der Waals surface area contributed by atoms with Crippen molar-refractivity contribution < 1.29 is 4.39 Å². The van der Waals surface area contributed by atoms with Crippen LogP contribution in [0.3, 0.4) is 0 Å². The zero-order valence-electron chi connectivity index (χ0n) is 6.44. The monoisotopic (exact) mass is 204 g/mol. The van der Waals surface area contributed by atoms with Gasteiger partial charge in [-0.1, -0.05) is 35.3 Å². The molecular weight excluding hydrogens is 198 g/mol. The number of hydrogen-bond acceptors (Lipinski definition) is 0. The lowest BCUT2D eigenvalue weighted by molar-refractivity contribution is 0.697. The van der Waals surface area contributed by atoms with Gasteiger partial charge in [0.1, 0.15) is 0 Å². The summed E-state index contributed by atoms with van der Waals surface area (Å²) in [7, 11) is 0. The minimum atomic E-state index is -0.683. The van der Waals surface area contributed by atoms with Crippen LogP contribution in [-0.2, 0) is 0 Å². The number of halogens is 3. The summed E-state index contributed by atoms with van der Waals surface area (Å²) in [5, 5.41) is -0.0566. The number of hydrogen-bond donors (Lipinski definition) is 0. The molecule has 0 radical (unpaired) electrons. The van der Waals surface area contributed by atoms with Crippen LogP contribution in [0.5, 0.6) is 0 Å². The van der Waals surface area contributed by atoms with Crippen LogP contribution in [0.2, 0.25) is 5.02 Å².